The number of anilines is 2. The first kappa shape index (κ1) is 21.4. The van der Waals surface area contributed by atoms with Crippen molar-refractivity contribution < 1.29 is 9.59 Å². The van der Waals surface area contributed by atoms with Crippen LogP contribution in [0.3, 0.4) is 0 Å². The van der Waals surface area contributed by atoms with E-state index in [1.165, 1.54) is 0 Å². The molecule has 0 fully saturated rings. The van der Waals surface area contributed by atoms with Crippen LogP contribution in [-0.4, -0.2) is 29.5 Å². The van der Waals surface area contributed by atoms with Crippen molar-refractivity contribution in [3.05, 3.63) is 60.8 Å². The molecule has 0 aliphatic heterocycles. The first-order valence-electron chi connectivity index (χ1n) is 10.4. The van der Waals surface area contributed by atoms with Crippen LogP contribution in [0.4, 0.5) is 16.2 Å². The van der Waals surface area contributed by atoms with Gasteiger partial charge in [-0.05, 0) is 55.7 Å². The molecule has 30 heavy (non-hydrogen) atoms. The van der Waals surface area contributed by atoms with Crippen LogP contribution in [0, 0.1) is 5.92 Å². The Morgan fingerprint density at radius 3 is 2.53 bits per heavy atom. The van der Waals surface area contributed by atoms with E-state index in [4.69, 9.17) is 0 Å². The molecular weight excluding hydrogens is 376 g/mol. The van der Waals surface area contributed by atoms with Gasteiger partial charge in [0.25, 0.3) is 0 Å². The molecule has 3 rings (SSSR count). The lowest BCUT2D eigenvalue weighted by atomic mass is 10.0. The minimum absolute atomic E-state index is 0.00181. The van der Waals surface area contributed by atoms with E-state index in [-0.39, 0.29) is 30.9 Å². The molecule has 0 bridgehead atoms. The topological polar surface area (TPSA) is 77.2 Å². The third-order valence-electron chi connectivity index (χ3n) is 4.99. The van der Waals surface area contributed by atoms with Gasteiger partial charge in [0.05, 0.1) is 0 Å². The molecule has 0 radical (unpaired) electrons. The Labute approximate surface area is 177 Å². The first-order valence-corrected chi connectivity index (χ1v) is 10.4. The van der Waals surface area contributed by atoms with E-state index in [0.717, 1.165) is 23.0 Å². The Morgan fingerprint density at radius 1 is 1.03 bits per heavy atom. The monoisotopic (exact) mass is 406 g/mol. The number of aromatic nitrogens is 1. The average molecular weight is 407 g/mol. The third-order valence-corrected chi connectivity index (χ3v) is 4.99. The Bertz CT molecular complexity index is 981. The molecule has 0 aliphatic rings. The van der Waals surface area contributed by atoms with Crippen LogP contribution in [0.2, 0.25) is 0 Å². The van der Waals surface area contributed by atoms with Gasteiger partial charge < -0.3 is 20.5 Å². The van der Waals surface area contributed by atoms with Gasteiger partial charge >= 0.3 is 6.03 Å². The summed E-state index contributed by atoms with van der Waals surface area (Å²) in [4.78, 5) is 30.3. The van der Waals surface area contributed by atoms with Crippen molar-refractivity contribution in [2.75, 3.05) is 16.8 Å². The van der Waals surface area contributed by atoms with Gasteiger partial charge in [-0.15, -0.1) is 0 Å². The first-order chi connectivity index (χ1) is 14.4. The smallest absolute Gasteiger partial charge is 0.319 e. The van der Waals surface area contributed by atoms with E-state index in [1.807, 2.05) is 65.7 Å². The Balaban J connectivity index is 1.65. The van der Waals surface area contributed by atoms with Crippen molar-refractivity contribution in [2.45, 2.75) is 39.7 Å². The largest absolute Gasteiger partial charge is 0.361 e. The summed E-state index contributed by atoms with van der Waals surface area (Å²) >= 11 is 0. The average Bonchev–Trinajstić information content (AvgIpc) is 3.16. The van der Waals surface area contributed by atoms with Crippen molar-refractivity contribution in [1.82, 2.24) is 10.3 Å². The van der Waals surface area contributed by atoms with Crippen molar-refractivity contribution in [3.8, 4) is 0 Å². The van der Waals surface area contributed by atoms with Crippen molar-refractivity contribution >= 4 is 34.2 Å². The lowest BCUT2D eigenvalue weighted by Crippen LogP contribution is -2.41. The van der Waals surface area contributed by atoms with Gasteiger partial charge in [0.1, 0.15) is 0 Å². The molecule has 0 spiro atoms. The molecule has 1 heterocycles. The molecule has 158 valence electrons. The molecule has 0 saturated carbocycles. The number of nitrogens with one attached hydrogen (secondary N) is 3. The summed E-state index contributed by atoms with van der Waals surface area (Å²) in [5, 5.41) is 6.61. The molecule has 1 unspecified atom stereocenters. The summed E-state index contributed by atoms with van der Waals surface area (Å²) in [7, 11) is 0. The highest BCUT2D eigenvalue weighted by Gasteiger charge is 2.23. The molecule has 2 aromatic carbocycles. The highest BCUT2D eigenvalue weighted by atomic mass is 16.2. The molecule has 3 N–H and O–H groups in total. The second-order valence-electron chi connectivity index (χ2n) is 7.99. The number of nitrogens with zero attached hydrogens (tertiary/aromatic N) is 1. The van der Waals surface area contributed by atoms with Crippen LogP contribution in [0.1, 0.15) is 33.6 Å². The number of hydrogen-bond donors (Lipinski definition) is 3. The lowest BCUT2D eigenvalue weighted by molar-refractivity contribution is -0.119. The van der Waals surface area contributed by atoms with Gasteiger partial charge in [-0.1, -0.05) is 32.0 Å². The molecule has 3 aromatic rings. The van der Waals surface area contributed by atoms with E-state index in [9.17, 15) is 9.59 Å². The van der Waals surface area contributed by atoms with Crippen LogP contribution in [-0.2, 0) is 4.79 Å². The number of hydrogen-bond acceptors (Lipinski definition) is 2. The van der Waals surface area contributed by atoms with Crippen LogP contribution in [0.25, 0.3) is 10.9 Å². The normalized spacial score (nSPS) is 12.0. The highest BCUT2D eigenvalue weighted by Crippen LogP contribution is 2.26. The van der Waals surface area contributed by atoms with Crippen LogP contribution in [0.5, 0.6) is 0 Å². The zero-order valence-electron chi connectivity index (χ0n) is 17.8. The Kier molecular flexibility index (Phi) is 7.12. The Hall–Kier alpha value is -3.28. The summed E-state index contributed by atoms with van der Waals surface area (Å²) in [5.74, 6) is 0.471. The number of aromatic amines is 1. The molecule has 6 nitrogen and oxygen atoms in total. The maximum Gasteiger partial charge on any atom is 0.319 e. The molecule has 0 aliphatic carbocycles. The van der Waals surface area contributed by atoms with Crippen molar-refractivity contribution in [2.24, 2.45) is 5.92 Å². The predicted octanol–water partition coefficient (Wildman–Crippen LogP) is 5.15. The van der Waals surface area contributed by atoms with Crippen molar-refractivity contribution in [1.29, 1.82) is 0 Å². The van der Waals surface area contributed by atoms with E-state index in [2.05, 4.69) is 36.4 Å². The maximum absolute atomic E-state index is 13.1. The molecule has 6 heteroatoms. The number of rotatable bonds is 8. The minimum atomic E-state index is -0.315. The fraction of sp³-hybridized carbons (Fsp3) is 0.333. The minimum Gasteiger partial charge on any atom is -0.361 e. The van der Waals surface area contributed by atoms with E-state index >= 15 is 0 Å². The fourth-order valence-corrected chi connectivity index (χ4v) is 3.72. The zero-order valence-corrected chi connectivity index (χ0v) is 17.8. The number of H-pyrrole nitrogens is 1. The van der Waals surface area contributed by atoms with Gasteiger partial charge in [-0.25, -0.2) is 4.79 Å². The number of fused-ring (bicyclic) bond motifs is 1. The highest BCUT2D eigenvalue weighted by molar-refractivity contribution is 5.97. The van der Waals surface area contributed by atoms with E-state index < -0.39 is 0 Å². The molecule has 1 atom stereocenters. The molecule has 0 saturated heterocycles. The fourth-order valence-electron chi connectivity index (χ4n) is 3.72. The van der Waals surface area contributed by atoms with Crippen LogP contribution >= 0.6 is 0 Å². The van der Waals surface area contributed by atoms with Crippen molar-refractivity contribution in [3.63, 3.8) is 0 Å². The summed E-state index contributed by atoms with van der Waals surface area (Å²) in [5.41, 5.74) is 2.64. The summed E-state index contributed by atoms with van der Waals surface area (Å²) in [6.07, 6.45) is 3.03. The van der Waals surface area contributed by atoms with E-state index in [0.29, 0.717) is 11.6 Å². The quantitative estimate of drug-likeness (QED) is 0.484. The lowest BCUT2D eigenvalue weighted by Gasteiger charge is -2.31. The summed E-state index contributed by atoms with van der Waals surface area (Å²) in [6, 6.07) is 17.0. The number of carbonyl (C=O) groups is 2. The van der Waals surface area contributed by atoms with Gasteiger partial charge in [0.2, 0.25) is 5.91 Å². The number of benzene rings is 2. The predicted molar refractivity (Wildman–Crippen MR) is 123 cm³/mol. The van der Waals surface area contributed by atoms with Gasteiger partial charge in [-0.2, -0.15) is 0 Å². The van der Waals surface area contributed by atoms with Crippen LogP contribution < -0.4 is 15.5 Å². The third kappa shape index (κ3) is 5.63. The van der Waals surface area contributed by atoms with Gasteiger partial charge in [0.15, 0.2) is 0 Å². The van der Waals surface area contributed by atoms with E-state index in [1.54, 1.807) is 0 Å². The molecular formula is C24H30N4O2. The number of carbonyl (C=O) groups excluding carboxylic acids is 2. The summed E-state index contributed by atoms with van der Waals surface area (Å²) in [6.45, 7) is 6.66. The van der Waals surface area contributed by atoms with Gasteiger partial charge in [-0.3, -0.25) is 4.79 Å². The van der Waals surface area contributed by atoms with Gasteiger partial charge in [0, 0.05) is 47.5 Å². The number of para-hydroxylation sites is 1. The van der Waals surface area contributed by atoms with Crippen LogP contribution in [0.15, 0.2) is 60.8 Å². The maximum atomic E-state index is 13.1. The molecule has 1 aromatic heterocycles. The Morgan fingerprint density at radius 2 is 1.80 bits per heavy atom. The second-order valence-corrected chi connectivity index (χ2v) is 7.99. The standard InChI is InChI=1S/C24H30N4O2/c1-17(2)15-18(3)28(21-9-10-22-19(16-21)11-13-25-22)23(29)12-14-26-24(30)27-20-7-5-4-6-8-20/h4-11,13,16-18,25H,12,14-15H2,1-3H3,(H2,26,27,30). The zero-order chi connectivity index (χ0) is 21.5. The number of amides is 3. The summed E-state index contributed by atoms with van der Waals surface area (Å²) < 4.78 is 0. The second kappa shape index (κ2) is 9.96. The number of urea groups is 1. The SMILES string of the molecule is CC(C)CC(C)N(C(=O)CCNC(=O)Nc1ccccc1)c1ccc2[nH]ccc2c1. The molecule has 3 amide bonds.